The first-order chi connectivity index (χ1) is 10.6. The number of ether oxygens (including phenoxy) is 1. The third-order valence-corrected chi connectivity index (χ3v) is 3.57. The smallest absolute Gasteiger partial charge is 0.273 e. The molecule has 2 heterocycles. The van der Waals surface area contributed by atoms with Crippen molar-refractivity contribution in [2.45, 2.75) is 12.1 Å². The Morgan fingerprint density at radius 2 is 2.09 bits per heavy atom. The van der Waals surface area contributed by atoms with Crippen LogP contribution in [0.25, 0.3) is 5.69 Å². The molecule has 1 aliphatic heterocycles. The third-order valence-electron chi connectivity index (χ3n) is 3.57. The molecule has 0 spiro atoms. The fourth-order valence-electron chi connectivity index (χ4n) is 2.31. The third kappa shape index (κ3) is 2.90. The summed E-state index contributed by atoms with van der Waals surface area (Å²) < 4.78 is 6.67. The molecule has 0 aliphatic carbocycles. The van der Waals surface area contributed by atoms with Gasteiger partial charge in [0.05, 0.1) is 31.5 Å². The van der Waals surface area contributed by atoms with Crippen LogP contribution in [0, 0.1) is 0 Å². The molecule has 1 aliphatic rings. The van der Waals surface area contributed by atoms with Crippen LogP contribution in [-0.2, 0) is 4.74 Å². The Morgan fingerprint density at radius 3 is 2.73 bits per heavy atom. The molecule has 2 unspecified atom stereocenters. The first-order valence-corrected chi connectivity index (χ1v) is 6.92. The number of nitrogens with one attached hydrogen (secondary N) is 1. The topological polar surface area (TPSA) is 99.2 Å². The lowest BCUT2D eigenvalue weighted by Gasteiger charge is -2.15. The van der Waals surface area contributed by atoms with E-state index >= 15 is 0 Å². The molecule has 0 bridgehead atoms. The number of hydrogen-bond donors (Lipinski definition) is 2. The van der Waals surface area contributed by atoms with Crippen LogP contribution in [0.3, 0.4) is 0 Å². The molecule has 0 saturated carbocycles. The van der Waals surface area contributed by atoms with Gasteiger partial charge in [0.15, 0.2) is 0 Å². The van der Waals surface area contributed by atoms with E-state index in [0.717, 1.165) is 0 Å². The van der Waals surface area contributed by atoms with Crippen LogP contribution >= 0.6 is 0 Å². The van der Waals surface area contributed by atoms with Gasteiger partial charge in [0, 0.05) is 23.6 Å². The van der Waals surface area contributed by atoms with Crippen molar-refractivity contribution < 1.29 is 9.53 Å². The number of rotatable bonds is 3. The minimum absolute atomic E-state index is 0.171. The number of nitrogens with zero attached hydrogens (tertiary/aromatic N) is 2. The molecule has 7 heteroatoms. The second-order valence-electron chi connectivity index (χ2n) is 5.11. The van der Waals surface area contributed by atoms with Crippen molar-refractivity contribution >= 4 is 5.91 Å². The van der Waals surface area contributed by atoms with E-state index in [1.165, 1.54) is 17.0 Å². The van der Waals surface area contributed by atoms with Crippen molar-refractivity contribution in [3.05, 3.63) is 58.8 Å². The van der Waals surface area contributed by atoms with Gasteiger partial charge in [0.25, 0.3) is 11.5 Å². The molecule has 1 aromatic heterocycles. The molecule has 114 valence electrons. The first-order valence-electron chi connectivity index (χ1n) is 6.92. The molecule has 1 aromatic carbocycles. The van der Waals surface area contributed by atoms with Crippen molar-refractivity contribution in [2.75, 3.05) is 13.2 Å². The predicted molar refractivity (Wildman–Crippen MR) is 79.9 cm³/mol. The average Bonchev–Trinajstić information content (AvgIpc) is 2.93. The maximum Gasteiger partial charge on any atom is 0.273 e. The molecule has 1 saturated heterocycles. The van der Waals surface area contributed by atoms with E-state index in [9.17, 15) is 9.59 Å². The van der Waals surface area contributed by atoms with E-state index in [1.807, 2.05) is 0 Å². The van der Waals surface area contributed by atoms with Gasteiger partial charge in [-0.25, -0.2) is 0 Å². The molecule has 7 nitrogen and oxygen atoms in total. The second-order valence-corrected chi connectivity index (χ2v) is 5.11. The molecular formula is C15H16N4O3. The quantitative estimate of drug-likeness (QED) is 0.810. The van der Waals surface area contributed by atoms with E-state index in [-0.39, 0.29) is 23.6 Å². The van der Waals surface area contributed by atoms with Crippen LogP contribution in [0.2, 0.25) is 0 Å². The summed E-state index contributed by atoms with van der Waals surface area (Å²) >= 11 is 0. The number of carbonyl (C=O) groups is 1. The summed E-state index contributed by atoms with van der Waals surface area (Å²) in [5.74, 6) is -0.209. The zero-order chi connectivity index (χ0) is 15.5. The zero-order valence-electron chi connectivity index (χ0n) is 11.8. The van der Waals surface area contributed by atoms with Crippen molar-refractivity contribution in [3.63, 3.8) is 0 Å². The monoisotopic (exact) mass is 300 g/mol. The highest BCUT2D eigenvalue weighted by Gasteiger charge is 2.26. The highest BCUT2D eigenvalue weighted by Crippen LogP contribution is 2.09. The van der Waals surface area contributed by atoms with E-state index in [1.54, 1.807) is 30.5 Å². The van der Waals surface area contributed by atoms with Gasteiger partial charge in [-0.1, -0.05) is 0 Å². The number of amides is 1. The maximum atomic E-state index is 12.2. The fraction of sp³-hybridized carbons (Fsp3) is 0.267. The molecule has 0 radical (unpaired) electrons. The number of benzene rings is 1. The Hall–Kier alpha value is -2.51. The number of hydrogen-bond acceptors (Lipinski definition) is 5. The second kappa shape index (κ2) is 6.08. The molecule has 22 heavy (non-hydrogen) atoms. The van der Waals surface area contributed by atoms with Crippen molar-refractivity contribution in [3.8, 4) is 5.69 Å². The number of carbonyl (C=O) groups excluding carboxylic acids is 1. The Kier molecular flexibility index (Phi) is 3.99. The van der Waals surface area contributed by atoms with E-state index < -0.39 is 0 Å². The lowest BCUT2D eigenvalue weighted by molar-refractivity contribution is 0.0928. The average molecular weight is 300 g/mol. The Labute approximate surface area is 126 Å². The fourth-order valence-corrected chi connectivity index (χ4v) is 2.31. The summed E-state index contributed by atoms with van der Waals surface area (Å²) in [7, 11) is 0. The Balaban J connectivity index is 1.75. The molecule has 1 fully saturated rings. The SMILES string of the molecule is NC1COCC1NC(=O)c1ccc(-n2ccncc2=O)cc1. The largest absolute Gasteiger partial charge is 0.378 e. The van der Waals surface area contributed by atoms with Crippen LogP contribution in [0.15, 0.2) is 47.7 Å². The van der Waals surface area contributed by atoms with E-state index in [2.05, 4.69) is 10.3 Å². The molecular weight excluding hydrogens is 284 g/mol. The molecule has 2 aromatic rings. The standard InChI is InChI=1S/C15H16N4O3/c16-12-8-22-9-13(12)18-15(21)10-1-3-11(4-2-10)19-6-5-17-7-14(19)20/h1-7,12-13H,8-9,16H2,(H,18,21). The minimum atomic E-state index is -0.228. The summed E-state index contributed by atoms with van der Waals surface area (Å²) in [6.07, 6.45) is 4.35. The van der Waals surface area contributed by atoms with Crippen LogP contribution in [0.5, 0.6) is 0 Å². The normalized spacial score (nSPS) is 20.8. The summed E-state index contributed by atoms with van der Waals surface area (Å²) in [5, 5.41) is 2.85. The van der Waals surface area contributed by atoms with Crippen molar-refractivity contribution in [1.82, 2.24) is 14.9 Å². The molecule has 1 amide bonds. The van der Waals surface area contributed by atoms with Crippen LogP contribution in [-0.4, -0.2) is 40.8 Å². The van der Waals surface area contributed by atoms with Crippen LogP contribution < -0.4 is 16.6 Å². The van der Waals surface area contributed by atoms with Gasteiger partial charge in [-0.2, -0.15) is 0 Å². The lowest BCUT2D eigenvalue weighted by Crippen LogP contribution is -2.46. The number of nitrogens with two attached hydrogens (primary N) is 1. The highest BCUT2D eigenvalue weighted by molar-refractivity contribution is 5.94. The van der Waals surface area contributed by atoms with Crippen LogP contribution in [0.1, 0.15) is 10.4 Å². The lowest BCUT2D eigenvalue weighted by atomic mass is 10.1. The van der Waals surface area contributed by atoms with Gasteiger partial charge < -0.3 is 15.8 Å². The van der Waals surface area contributed by atoms with Gasteiger partial charge in [-0.05, 0) is 24.3 Å². The van der Waals surface area contributed by atoms with E-state index in [0.29, 0.717) is 24.5 Å². The van der Waals surface area contributed by atoms with Gasteiger partial charge in [-0.15, -0.1) is 0 Å². The van der Waals surface area contributed by atoms with Crippen LogP contribution in [0.4, 0.5) is 0 Å². The van der Waals surface area contributed by atoms with Gasteiger partial charge in [-0.3, -0.25) is 19.1 Å². The van der Waals surface area contributed by atoms with Gasteiger partial charge >= 0.3 is 0 Å². The summed E-state index contributed by atoms with van der Waals surface area (Å²) in [6.45, 7) is 0.881. The number of aromatic nitrogens is 2. The summed E-state index contributed by atoms with van der Waals surface area (Å²) in [5.41, 5.74) is 6.79. The summed E-state index contributed by atoms with van der Waals surface area (Å²) in [6, 6.07) is 6.40. The minimum Gasteiger partial charge on any atom is -0.378 e. The highest BCUT2D eigenvalue weighted by atomic mass is 16.5. The molecule has 3 rings (SSSR count). The summed E-state index contributed by atoms with van der Waals surface area (Å²) in [4.78, 5) is 27.6. The van der Waals surface area contributed by atoms with Gasteiger partial charge in [0.1, 0.15) is 0 Å². The predicted octanol–water partition coefficient (Wildman–Crippen LogP) is -0.312. The van der Waals surface area contributed by atoms with Gasteiger partial charge in [0.2, 0.25) is 0 Å². The van der Waals surface area contributed by atoms with Crippen molar-refractivity contribution in [2.24, 2.45) is 5.73 Å². The Bertz CT molecular complexity index is 726. The maximum absolute atomic E-state index is 12.2. The zero-order valence-corrected chi connectivity index (χ0v) is 11.8. The molecule has 2 atom stereocenters. The van der Waals surface area contributed by atoms with E-state index in [4.69, 9.17) is 10.5 Å². The first kappa shape index (κ1) is 14.4. The Morgan fingerprint density at radius 1 is 1.32 bits per heavy atom. The van der Waals surface area contributed by atoms with Crippen molar-refractivity contribution in [1.29, 1.82) is 0 Å². The molecule has 3 N–H and O–H groups in total.